The molecule has 1 atom stereocenters. The van der Waals surface area contributed by atoms with Gasteiger partial charge in [0.15, 0.2) is 11.6 Å². The Labute approximate surface area is 126 Å². The molecule has 0 saturated heterocycles. The topological polar surface area (TPSA) is 35.2 Å². The van der Waals surface area contributed by atoms with Crippen LogP contribution in [0.15, 0.2) is 40.9 Å². The molecule has 106 valence electrons. The van der Waals surface area contributed by atoms with Crippen molar-refractivity contribution in [3.05, 3.63) is 63.4 Å². The highest BCUT2D eigenvalue weighted by atomic mass is 79.9. The maximum Gasteiger partial charge on any atom is 0.168 e. The lowest BCUT2D eigenvalue weighted by molar-refractivity contribution is 0.383. The zero-order valence-corrected chi connectivity index (χ0v) is 13.1. The standard InChI is InChI=1S/C16H17BrFNO/c1-10-12(6-4-7-13(10)17)14(19)9-11-5-3-8-15(20-2)16(11)18/h3-8,14H,9,19H2,1-2H3. The number of nitrogens with two attached hydrogens (primary N) is 1. The third-order valence-electron chi connectivity index (χ3n) is 3.41. The van der Waals surface area contributed by atoms with Crippen molar-refractivity contribution in [2.45, 2.75) is 19.4 Å². The molecule has 0 spiro atoms. The highest BCUT2D eigenvalue weighted by Crippen LogP contribution is 2.28. The summed E-state index contributed by atoms with van der Waals surface area (Å²) in [5.74, 6) is -0.0845. The normalized spacial score (nSPS) is 12.2. The quantitative estimate of drug-likeness (QED) is 0.909. The zero-order chi connectivity index (χ0) is 14.7. The second-order valence-electron chi connectivity index (χ2n) is 4.70. The van der Waals surface area contributed by atoms with E-state index in [1.165, 1.54) is 7.11 Å². The third kappa shape index (κ3) is 3.02. The van der Waals surface area contributed by atoms with Gasteiger partial charge in [0, 0.05) is 10.5 Å². The Morgan fingerprint density at radius 2 is 1.95 bits per heavy atom. The minimum atomic E-state index is -0.335. The van der Waals surface area contributed by atoms with E-state index in [-0.39, 0.29) is 17.6 Å². The molecule has 0 aliphatic rings. The molecule has 0 aliphatic carbocycles. The Kier molecular flexibility index (Phi) is 4.78. The fourth-order valence-corrected chi connectivity index (χ4v) is 2.63. The van der Waals surface area contributed by atoms with Gasteiger partial charge in [0.05, 0.1) is 7.11 Å². The van der Waals surface area contributed by atoms with Crippen molar-refractivity contribution in [3.8, 4) is 5.75 Å². The minimum absolute atomic E-state index is 0.251. The second kappa shape index (κ2) is 6.37. The molecule has 0 amide bonds. The third-order valence-corrected chi connectivity index (χ3v) is 4.27. The van der Waals surface area contributed by atoms with E-state index in [0.717, 1.165) is 15.6 Å². The van der Waals surface area contributed by atoms with Crippen LogP contribution in [0.1, 0.15) is 22.7 Å². The number of rotatable bonds is 4. The van der Waals surface area contributed by atoms with Crippen LogP contribution < -0.4 is 10.5 Å². The molecule has 4 heteroatoms. The van der Waals surface area contributed by atoms with E-state index in [1.54, 1.807) is 18.2 Å². The van der Waals surface area contributed by atoms with Gasteiger partial charge in [0.25, 0.3) is 0 Å². The van der Waals surface area contributed by atoms with E-state index < -0.39 is 0 Å². The first kappa shape index (κ1) is 15.0. The van der Waals surface area contributed by atoms with Gasteiger partial charge in [-0.15, -0.1) is 0 Å². The van der Waals surface area contributed by atoms with Gasteiger partial charge >= 0.3 is 0 Å². The van der Waals surface area contributed by atoms with Gasteiger partial charge in [0.1, 0.15) is 0 Å². The maximum atomic E-state index is 14.1. The summed E-state index contributed by atoms with van der Waals surface area (Å²) < 4.78 is 20.1. The van der Waals surface area contributed by atoms with Gasteiger partial charge in [-0.05, 0) is 42.2 Å². The van der Waals surface area contributed by atoms with Crippen molar-refractivity contribution in [1.82, 2.24) is 0 Å². The summed E-state index contributed by atoms with van der Waals surface area (Å²) in [7, 11) is 1.46. The van der Waals surface area contributed by atoms with Crippen molar-refractivity contribution in [2.75, 3.05) is 7.11 Å². The maximum absolute atomic E-state index is 14.1. The van der Waals surface area contributed by atoms with E-state index in [4.69, 9.17) is 10.5 Å². The Morgan fingerprint density at radius 3 is 2.65 bits per heavy atom. The monoisotopic (exact) mass is 337 g/mol. The van der Waals surface area contributed by atoms with E-state index in [2.05, 4.69) is 15.9 Å². The largest absolute Gasteiger partial charge is 0.494 e. The number of benzene rings is 2. The van der Waals surface area contributed by atoms with Crippen LogP contribution in [0.25, 0.3) is 0 Å². The predicted octanol–water partition coefficient (Wildman–Crippen LogP) is 4.15. The molecule has 2 aromatic carbocycles. The predicted molar refractivity (Wildman–Crippen MR) is 82.5 cm³/mol. The molecule has 0 aromatic heterocycles. The van der Waals surface area contributed by atoms with Gasteiger partial charge in [-0.25, -0.2) is 4.39 Å². The lowest BCUT2D eigenvalue weighted by Gasteiger charge is -2.17. The summed E-state index contributed by atoms with van der Waals surface area (Å²) in [5.41, 5.74) is 8.90. The molecule has 0 saturated carbocycles. The molecule has 0 bridgehead atoms. The summed E-state index contributed by atoms with van der Waals surface area (Å²) in [6, 6.07) is 10.8. The molecular formula is C16H17BrFNO. The Bertz CT molecular complexity index is 615. The lowest BCUT2D eigenvalue weighted by Crippen LogP contribution is -2.15. The number of methoxy groups -OCH3 is 1. The first-order chi connectivity index (χ1) is 9.54. The number of halogens is 2. The van der Waals surface area contributed by atoms with Crippen LogP contribution in [0, 0.1) is 12.7 Å². The average Bonchev–Trinajstić information content (AvgIpc) is 2.44. The van der Waals surface area contributed by atoms with Crippen molar-refractivity contribution in [3.63, 3.8) is 0 Å². The zero-order valence-electron chi connectivity index (χ0n) is 11.5. The van der Waals surface area contributed by atoms with Crippen molar-refractivity contribution < 1.29 is 9.13 Å². The fourth-order valence-electron chi connectivity index (χ4n) is 2.24. The first-order valence-corrected chi connectivity index (χ1v) is 7.16. The van der Waals surface area contributed by atoms with Gasteiger partial charge < -0.3 is 10.5 Å². The van der Waals surface area contributed by atoms with Crippen molar-refractivity contribution in [1.29, 1.82) is 0 Å². The Morgan fingerprint density at radius 1 is 1.25 bits per heavy atom. The molecule has 1 unspecified atom stereocenters. The molecule has 0 fully saturated rings. The Hall–Kier alpha value is -1.39. The lowest BCUT2D eigenvalue weighted by atomic mass is 9.96. The summed E-state index contributed by atoms with van der Waals surface area (Å²) in [4.78, 5) is 0. The van der Waals surface area contributed by atoms with E-state index in [1.807, 2.05) is 25.1 Å². The molecule has 2 N–H and O–H groups in total. The summed E-state index contributed by atoms with van der Waals surface area (Å²) in [5, 5.41) is 0. The van der Waals surface area contributed by atoms with E-state index >= 15 is 0 Å². The van der Waals surface area contributed by atoms with Crippen LogP contribution >= 0.6 is 15.9 Å². The summed E-state index contributed by atoms with van der Waals surface area (Å²) in [6.45, 7) is 2.00. The molecule has 0 radical (unpaired) electrons. The van der Waals surface area contributed by atoms with Crippen molar-refractivity contribution >= 4 is 15.9 Å². The molecule has 0 aliphatic heterocycles. The van der Waals surface area contributed by atoms with E-state index in [0.29, 0.717) is 12.0 Å². The number of hydrogen-bond donors (Lipinski definition) is 1. The van der Waals surface area contributed by atoms with Crippen molar-refractivity contribution in [2.24, 2.45) is 5.73 Å². The first-order valence-electron chi connectivity index (χ1n) is 6.36. The van der Waals surface area contributed by atoms with Gasteiger partial charge in [-0.1, -0.05) is 40.2 Å². The minimum Gasteiger partial charge on any atom is -0.494 e. The van der Waals surface area contributed by atoms with Gasteiger partial charge in [0.2, 0.25) is 0 Å². The molecule has 2 nitrogen and oxygen atoms in total. The van der Waals surface area contributed by atoms with Gasteiger partial charge in [-0.2, -0.15) is 0 Å². The van der Waals surface area contributed by atoms with Crippen LogP contribution in [-0.2, 0) is 6.42 Å². The molecular weight excluding hydrogens is 321 g/mol. The van der Waals surface area contributed by atoms with Gasteiger partial charge in [-0.3, -0.25) is 0 Å². The number of hydrogen-bond acceptors (Lipinski definition) is 2. The molecule has 0 heterocycles. The van der Waals surface area contributed by atoms with Crippen LogP contribution in [-0.4, -0.2) is 7.11 Å². The highest BCUT2D eigenvalue weighted by Gasteiger charge is 2.15. The number of ether oxygens (including phenoxy) is 1. The molecule has 2 rings (SSSR count). The second-order valence-corrected chi connectivity index (χ2v) is 5.55. The molecule has 20 heavy (non-hydrogen) atoms. The van der Waals surface area contributed by atoms with Crippen LogP contribution in [0.3, 0.4) is 0 Å². The fraction of sp³-hybridized carbons (Fsp3) is 0.250. The van der Waals surface area contributed by atoms with E-state index in [9.17, 15) is 4.39 Å². The molecule has 2 aromatic rings. The summed E-state index contributed by atoms with van der Waals surface area (Å²) >= 11 is 3.49. The van der Waals surface area contributed by atoms with Crippen LogP contribution in [0.2, 0.25) is 0 Å². The average molecular weight is 338 g/mol. The van der Waals surface area contributed by atoms with Crippen LogP contribution in [0.4, 0.5) is 4.39 Å². The smallest absolute Gasteiger partial charge is 0.168 e. The SMILES string of the molecule is COc1cccc(CC(N)c2cccc(Br)c2C)c1F. The highest BCUT2D eigenvalue weighted by molar-refractivity contribution is 9.10. The summed E-state index contributed by atoms with van der Waals surface area (Å²) in [6.07, 6.45) is 0.431. The Balaban J connectivity index is 2.28. The van der Waals surface area contributed by atoms with Crippen LogP contribution in [0.5, 0.6) is 5.75 Å².